The molecule has 0 aromatic rings. The average Bonchev–Trinajstić information content (AvgIpc) is 3.08. The van der Waals surface area contributed by atoms with Crippen molar-refractivity contribution in [3.63, 3.8) is 0 Å². The molecule has 3 atom stereocenters. The molecule has 0 spiro atoms. The lowest BCUT2D eigenvalue weighted by Gasteiger charge is -2.37. The summed E-state index contributed by atoms with van der Waals surface area (Å²) in [6, 6.07) is 0.446. The molecule has 3 aliphatic rings. The molecule has 3 aliphatic heterocycles. The van der Waals surface area contributed by atoms with Crippen LogP contribution in [0.3, 0.4) is 0 Å². The summed E-state index contributed by atoms with van der Waals surface area (Å²) in [5, 5.41) is 3.48. The van der Waals surface area contributed by atoms with Gasteiger partial charge in [0.25, 0.3) is 5.91 Å². The maximum Gasteiger partial charge on any atom is 0.254 e. The Morgan fingerprint density at radius 2 is 2.21 bits per heavy atom. The first kappa shape index (κ1) is 13.4. The summed E-state index contributed by atoms with van der Waals surface area (Å²) in [5.41, 5.74) is -0.537. The quantitative estimate of drug-likeness (QED) is 0.824. The van der Waals surface area contributed by atoms with Crippen LogP contribution in [0.25, 0.3) is 0 Å². The van der Waals surface area contributed by atoms with Crippen LogP contribution in [-0.2, 0) is 9.53 Å². The third kappa shape index (κ3) is 2.52. The number of amides is 1. The minimum atomic E-state index is -0.537. The summed E-state index contributed by atoms with van der Waals surface area (Å²) < 4.78 is 5.74. The van der Waals surface area contributed by atoms with E-state index in [1.54, 1.807) is 0 Å². The highest BCUT2D eigenvalue weighted by Crippen LogP contribution is 2.34. The summed E-state index contributed by atoms with van der Waals surface area (Å²) in [4.78, 5) is 14.9. The number of hydrogen-bond acceptors (Lipinski definition) is 3. The first-order valence-electron chi connectivity index (χ1n) is 7.86. The summed E-state index contributed by atoms with van der Waals surface area (Å²) >= 11 is 0. The van der Waals surface area contributed by atoms with Gasteiger partial charge in [0.05, 0.1) is 0 Å². The zero-order valence-corrected chi connectivity index (χ0v) is 12.0. The van der Waals surface area contributed by atoms with Gasteiger partial charge < -0.3 is 15.0 Å². The molecule has 0 aliphatic carbocycles. The summed E-state index contributed by atoms with van der Waals surface area (Å²) in [5.74, 6) is 0.892. The first-order chi connectivity index (χ1) is 9.21. The van der Waals surface area contributed by atoms with Crippen molar-refractivity contribution in [1.29, 1.82) is 0 Å². The molecule has 19 heavy (non-hydrogen) atoms. The largest absolute Gasteiger partial charge is 0.365 e. The lowest BCUT2D eigenvalue weighted by atomic mass is 9.89. The molecule has 0 aromatic carbocycles. The van der Waals surface area contributed by atoms with Crippen molar-refractivity contribution in [3.8, 4) is 0 Å². The summed E-state index contributed by atoms with van der Waals surface area (Å²) in [6.45, 7) is 5.87. The fourth-order valence-corrected chi connectivity index (χ4v) is 3.99. The van der Waals surface area contributed by atoms with Gasteiger partial charge in [-0.2, -0.15) is 0 Å². The van der Waals surface area contributed by atoms with E-state index in [2.05, 4.69) is 10.2 Å². The Kier molecular flexibility index (Phi) is 3.81. The van der Waals surface area contributed by atoms with Crippen LogP contribution >= 0.6 is 0 Å². The van der Waals surface area contributed by atoms with Gasteiger partial charge in [0.1, 0.15) is 5.60 Å². The minimum Gasteiger partial charge on any atom is -0.365 e. The number of piperidine rings is 1. The molecule has 108 valence electrons. The van der Waals surface area contributed by atoms with Crippen molar-refractivity contribution in [3.05, 3.63) is 0 Å². The zero-order chi connectivity index (χ0) is 13.3. The third-order valence-corrected chi connectivity index (χ3v) is 5.11. The minimum absolute atomic E-state index is 0.248. The number of ether oxygens (including phenoxy) is 1. The molecule has 4 heteroatoms. The highest BCUT2D eigenvalue weighted by molar-refractivity contribution is 5.85. The SMILES string of the molecule is CC1(C(=O)N2CCCC2C2CCCNC2)CCCO1. The Morgan fingerprint density at radius 3 is 2.89 bits per heavy atom. The van der Waals surface area contributed by atoms with E-state index in [-0.39, 0.29) is 5.91 Å². The molecule has 1 amide bonds. The zero-order valence-electron chi connectivity index (χ0n) is 12.0. The van der Waals surface area contributed by atoms with Crippen LogP contribution in [0.2, 0.25) is 0 Å². The van der Waals surface area contributed by atoms with E-state index in [1.807, 2.05) is 6.92 Å². The van der Waals surface area contributed by atoms with Gasteiger partial charge >= 0.3 is 0 Å². The maximum absolute atomic E-state index is 12.8. The Hall–Kier alpha value is -0.610. The van der Waals surface area contributed by atoms with Gasteiger partial charge in [-0.15, -0.1) is 0 Å². The van der Waals surface area contributed by atoms with Crippen molar-refractivity contribution < 1.29 is 9.53 Å². The monoisotopic (exact) mass is 266 g/mol. The van der Waals surface area contributed by atoms with Gasteiger partial charge in [0.15, 0.2) is 0 Å². The number of nitrogens with zero attached hydrogens (tertiary/aromatic N) is 1. The molecule has 3 unspecified atom stereocenters. The standard InChI is InChI=1S/C15H26N2O2/c1-15(7-4-10-19-15)14(18)17-9-3-6-13(17)12-5-2-8-16-11-12/h12-13,16H,2-11H2,1H3. The van der Waals surface area contributed by atoms with E-state index >= 15 is 0 Å². The van der Waals surface area contributed by atoms with Crippen molar-refractivity contribution in [1.82, 2.24) is 10.2 Å². The Balaban J connectivity index is 1.70. The predicted molar refractivity (Wildman–Crippen MR) is 73.9 cm³/mol. The van der Waals surface area contributed by atoms with E-state index in [0.29, 0.717) is 12.0 Å². The first-order valence-corrected chi connectivity index (χ1v) is 7.86. The van der Waals surface area contributed by atoms with Gasteiger partial charge in [-0.05, 0) is 64.5 Å². The van der Waals surface area contributed by atoms with Gasteiger partial charge in [-0.3, -0.25) is 4.79 Å². The topological polar surface area (TPSA) is 41.6 Å². The number of carbonyl (C=O) groups excluding carboxylic acids is 1. The Morgan fingerprint density at radius 1 is 1.32 bits per heavy atom. The predicted octanol–water partition coefficient (Wildman–Crippen LogP) is 1.55. The highest BCUT2D eigenvalue weighted by Gasteiger charge is 2.45. The van der Waals surface area contributed by atoms with Crippen LogP contribution in [0.15, 0.2) is 0 Å². The lowest BCUT2D eigenvalue weighted by Crippen LogP contribution is -2.52. The van der Waals surface area contributed by atoms with E-state index in [0.717, 1.165) is 45.5 Å². The number of rotatable bonds is 2. The smallest absolute Gasteiger partial charge is 0.254 e. The summed E-state index contributed by atoms with van der Waals surface area (Å²) in [7, 11) is 0. The van der Waals surface area contributed by atoms with E-state index in [4.69, 9.17) is 4.74 Å². The van der Waals surface area contributed by atoms with Crippen LogP contribution in [-0.4, -0.2) is 48.7 Å². The second kappa shape index (κ2) is 5.41. The molecular weight excluding hydrogens is 240 g/mol. The lowest BCUT2D eigenvalue weighted by molar-refractivity contribution is -0.153. The molecule has 0 saturated carbocycles. The molecular formula is C15H26N2O2. The molecule has 3 saturated heterocycles. The van der Waals surface area contributed by atoms with Crippen LogP contribution < -0.4 is 5.32 Å². The van der Waals surface area contributed by atoms with Gasteiger partial charge in [0.2, 0.25) is 0 Å². The van der Waals surface area contributed by atoms with Crippen LogP contribution in [0.5, 0.6) is 0 Å². The summed E-state index contributed by atoms with van der Waals surface area (Å²) in [6.07, 6.45) is 6.75. The van der Waals surface area contributed by atoms with Crippen molar-refractivity contribution in [2.75, 3.05) is 26.2 Å². The maximum atomic E-state index is 12.8. The molecule has 3 fully saturated rings. The van der Waals surface area contributed by atoms with Crippen LogP contribution in [0.1, 0.15) is 45.4 Å². The number of hydrogen-bond donors (Lipinski definition) is 1. The fourth-order valence-electron chi connectivity index (χ4n) is 3.99. The van der Waals surface area contributed by atoms with Crippen molar-refractivity contribution >= 4 is 5.91 Å². The van der Waals surface area contributed by atoms with Crippen LogP contribution in [0.4, 0.5) is 0 Å². The molecule has 4 nitrogen and oxygen atoms in total. The molecule has 3 heterocycles. The third-order valence-electron chi connectivity index (χ3n) is 5.11. The van der Waals surface area contributed by atoms with E-state index in [1.165, 1.54) is 19.3 Å². The molecule has 3 rings (SSSR count). The highest BCUT2D eigenvalue weighted by atomic mass is 16.5. The van der Waals surface area contributed by atoms with E-state index in [9.17, 15) is 4.79 Å². The molecule has 0 aromatic heterocycles. The van der Waals surface area contributed by atoms with Gasteiger partial charge in [-0.25, -0.2) is 0 Å². The number of nitrogens with one attached hydrogen (secondary N) is 1. The van der Waals surface area contributed by atoms with Crippen molar-refractivity contribution in [2.45, 2.75) is 57.1 Å². The molecule has 0 bridgehead atoms. The van der Waals surface area contributed by atoms with Gasteiger partial charge in [-0.1, -0.05) is 0 Å². The Labute approximate surface area is 115 Å². The van der Waals surface area contributed by atoms with Gasteiger partial charge in [0, 0.05) is 19.2 Å². The molecule has 0 radical (unpaired) electrons. The van der Waals surface area contributed by atoms with E-state index < -0.39 is 5.60 Å². The Bertz CT molecular complexity index is 333. The van der Waals surface area contributed by atoms with Crippen LogP contribution in [0, 0.1) is 5.92 Å². The van der Waals surface area contributed by atoms with Crippen molar-refractivity contribution in [2.24, 2.45) is 5.92 Å². The number of likely N-dealkylation sites (tertiary alicyclic amines) is 1. The fraction of sp³-hybridized carbons (Fsp3) is 0.933. The molecule has 1 N–H and O–H groups in total. The average molecular weight is 266 g/mol. The second-order valence-electron chi connectivity index (χ2n) is 6.50. The normalized spacial score (nSPS) is 39.7. The number of carbonyl (C=O) groups is 1. The second-order valence-corrected chi connectivity index (χ2v) is 6.50.